The van der Waals surface area contributed by atoms with Crippen LogP contribution in [-0.4, -0.2) is 17.0 Å². The first-order chi connectivity index (χ1) is 9.10. The van der Waals surface area contributed by atoms with E-state index in [-0.39, 0.29) is 11.9 Å². The highest BCUT2D eigenvalue weighted by Crippen LogP contribution is 2.21. The zero-order valence-corrected chi connectivity index (χ0v) is 11.2. The quantitative estimate of drug-likeness (QED) is 0.886. The number of anilines is 2. The Morgan fingerprint density at radius 3 is 2.79 bits per heavy atom. The minimum atomic E-state index is -0.235. The Bertz CT molecular complexity index is 571. The lowest BCUT2D eigenvalue weighted by Crippen LogP contribution is -2.11. The lowest BCUT2D eigenvalue weighted by Gasteiger charge is -2.17. The molecule has 0 aliphatic heterocycles. The van der Waals surface area contributed by atoms with Crippen molar-refractivity contribution in [1.29, 1.82) is 0 Å². The third-order valence-electron chi connectivity index (χ3n) is 2.90. The van der Waals surface area contributed by atoms with E-state index in [9.17, 15) is 4.39 Å². The van der Waals surface area contributed by atoms with Gasteiger partial charge in [0.1, 0.15) is 11.6 Å². The van der Waals surface area contributed by atoms with E-state index < -0.39 is 0 Å². The summed E-state index contributed by atoms with van der Waals surface area (Å²) in [7, 11) is 1.77. The van der Waals surface area contributed by atoms with E-state index in [4.69, 9.17) is 0 Å². The van der Waals surface area contributed by atoms with E-state index in [1.807, 2.05) is 19.9 Å². The van der Waals surface area contributed by atoms with Crippen LogP contribution in [0.1, 0.15) is 24.1 Å². The molecule has 0 saturated heterocycles. The SMILES string of the molecule is CNc1ncc(C)c(NC(C)c2cccc(F)c2)n1. The van der Waals surface area contributed by atoms with Crippen LogP contribution in [0.5, 0.6) is 0 Å². The van der Waals surface area contributed by atoms with Gasteiger partial charge in [0, 0.05) is 18.8 Å². The molecule has 19 heavy (non-hydrogen) atoms. The molecule has 0 saturated carbocycles. The molecule has 0 amide bonds. The predicted octanol–water partition coefficient (Wildman–Crippen LogP) is 3.14. The summed E-state index contributed by atoms with van der Waals surface area (Å²) >= 11 is 0. The fourth-order valence-electron chi connectivity index (χ4n) is 1.77. The van der Waals surface area contributed by atoms with E-state index in [1.54, 1.807) is 19.3 Å². The van der Waals surface area contributed by atoms with Gasteiger partial charge in [-0.1, -0.05) is 12.1 Å². The van der Waals surface area contributed by atoms with Crippen LogP contribution in [0.25, 0.3) is 0 Å². The summed E-state index contributed by atoms with van der Waals surface area (Å²) in [5.74, 6) is 1.07. The van der Waals surface area contributed by atoms with Gasteiger partial charge in [0.15, 0.2) is 0 Å². The largest absolute Gasteiger partial charge is 0.363 e. The highest BCUT2D eigenvalue weighted by molar-refractivity contribution is 5.47. The second-order valence-corrected chi connectivity index (χ2v) is 4.40. The van der Waals surface area contributed by atoms with E-state index >= 15 is 0 Å². The zero-order chi connectivity index (χ0) is 13.8. The Morgan fingerprint density at radius 1 is 1.32 bits per heavy atom. The van der Waals surface area contributed by atoms with Crippen LogP contribution in [0.4, 0.5) is 16.2 Å². The lowest BCUT2D eigenvalue weighted by molar-refractivity contribution is 0.623. The molecule has 0 aliphatic carbocycles. The molecule has 100 valence electrons. The van der Waals surface area contributed by atoms with Crippen molar-refractivity contribution in [3.63, 3.8) is 0 Å². The third-order valence-corrected chi connectivity index (χ3v) is 2.90. The van der Waals surface area contributed by atoms with Crippen LogP contribution in [0.3, 0.4) is 0 Å². The smallest absolute Gasteiger partial charge is 0.224 e. The minimum absolute atomic E-state index is 0.0333. The van der Waals surface area contributed by atoms with Crippen LogP contribution < -0.4 is 10.6 Å². The summed E-state index contributed by atoms with van der Waals surface area (Å²) in [4.78, 5) is 8.48. The summed E-state index contributed by atoms with van der Waals surface area (Å²) in [5, 5.41) is 6.17. The maximum atomic E-state index is 13.2. The molecule has 0 radical (unpaired) electrons. The van der Waals surface area contributed by atoms with Crippen LogP contribution in [0.2, 0.25) is 0 Å². The molecule has 2 aromatic rings. The Labute approximate surface area is 112 Å². The average Bonchev–Trinajstić information content (AvgIpc) is 2.41. The standard InChI is InChI=1S/C14H17FN4/c1-9-8-17-14(16-3)19-13(9)18-10(2)11-5-4-6-12(15)7-11/h4-8,10H,1-3H3,(H2,16,17,18,19). The normalized spacial score (nSPS) is 12.0. The van der Waals surface area contributed by atoms with E-state index in [1.165, 1.54) is 12.1 Å². The molecule has 1 aromatic carbocycles. The second kappa shape index (κ2) is 5.65. The zero-order valence-electron chi connectivity index (χ0n) is 11.2. The van der Waals surface area contributed by atoms with Crippen molar-refractivity contribution in [1.82, 2.24) is 9.97 Å². The molecule has 5 heteroatoms. The summed E-state index contributed by atoms with van der Waals surface area (Å²) < 4.78 is 13.2. The van der Waals surface area contributed by atoms with Gasteiger partial charge in [-0.2, -0.15) is 4.98 Å². The molecule has 1 atom stereocenters. The first kappa shape index (κ1) is 13.3. The van der Waals surface area contributed by atoms with Gasteiger partial charge in [-0.3, -0.25) is 0 Å². The van der Waals surface area contributed by atoms with Crippen molar-refractivity contribution in [2.24, 2.45) is 0 Å². The van der Waals surface area contributed by atoms with Gasteiger partial charge in [-0.05, 0) is 31.5 Å². The maximum Gasteiger partial charge on any atom is 0.224 e. The summed E-state index contributed by atoms with van der Waals surface area (Å²) in [6, 6.07) is 6.51. The van der Waals surface area contributed by atoms with Gasteiger partial charge in [0.2, 0.25) is 5.95 Å². The van der Waals surface area contributed by atoms with E-state index in [2.05, 4.69) is 20.6 Å². The van der Waals surface area contributed by atoms with Gasteiger partial charge in [-0.15, -0.1) is 0 Å². The monoisotopic (exact) mass is 260 g/mol. The number of hydrogen-bond acceptors (Lipinski definition) is 4. The number of aryl methyl sites for hydroxylation is 1. The summed E-state index contributed by atoms with van der Waals surface area (Å²) in [6.45, 7) is 3.90. The van der Waals surface area contributed by atoms with Crippen molar-refractivity contribution >= 4 is 11.8 Å². The minimum Gasteiger partial charge on any atom is -0.363 e. The number of nitrogens with one attached hydrogen (secondary N) is 2. The van der Waals surface area contributed by atoms with Crippen molar-refractivity contribution < 1.29 is 4.39 Å². The lowest BCUT2D eigenvalue weighted by atomic mass is 10.1. The number of hydrogen-bond donors (Lipinski definition) is 2. The summed E-state index contributed by atoms with van der Waals surface area (Å²) in [5.41, 5.74) is 1.83. The van der Waals surface area contributed by atoms with Crippen molar-refractivity contribution in [2.45, 2.75) is 19.9 Å². The molecule has 0 bridgehead atoms. The van der Waals surface area contributed by atoms with Gasteiger partial charge in [0.05, 0.1) is 6.04 Å². The topological polar surface area (TPSA) is 49.8 Å². The Balaban J connectivity index is 2.21. The Kier molecular flexibility index (Phi) is 3.94. The molecular formula is C14H17FN4. The number of rotatable bonds is 4. The highest BCUT2D eigenvalue weighted by Gasteiger charge is 2.09. The van der Waals surface area contributed by atoms with Crippen LogP contribution >= 0.6 is 0 Å². The maximum absolute atomic E-state index is 13.2. The fraction of sp³-hybridized carbons (Fsp3) is 0.286. The van der Waals surface area contributed by atoms with Crippen LogP contribution in [0.15, 0.2) is 30.5 Å². The van der Waals surface area contributed by atoms with Crippen molar-refractivity contribution in [3.8, 4) is 0 Å². The Morgan fingerprint density at radius 2 is 2.11 bits per heavy atom. The molecule has 0 fully saturated rings. The molecule has 2 rings (SSSR count). The average molecular weight is 260 g/mol. The van der Waals surface area contributed by atoms with Gasteiger partial charge >= 0.3 is 0 Å². The molecule has 4 nitrogen and oxygen atoms in total. The van der Waals surface area contributed by atoms with Crippen LogP contribution in [0, 0.1) is 12.7 Å². The Hall–Kier alpha value is -2.17. The van der Waals surface area contributed by atoms with Crippen molar-refractivity contribution in [3.05, 3.63) is 47.4 Å². The van der Waals surface area contributed by atoms with Gasteiger partial charge < -0.3 is 10.6 Å². The molecular weight excluding hydrogens is 243 g/mol. The van der Waals surface area contributed by atoms with E-state index in [0.717, 1.165) is 16.9 Å². The number of aromatic nitrogens is 2. The molecule has 1 aromatic heterocycles. The highest BCUT2D eigenvalue weighted by atomic mass is 19.1. The first-order valence-electron chi connectivity index (χ1n) is 6.13. The molecule has 2 N–H and O–H groups in total. The number of benzene rings is 1. The van der Waals surface area contributed by atoms with Gasteiger partial charge in [-0.25, -0.2) is 9.37 Å². The first-order valence-corrected chi connectivity index (χ1v) is 6.13. The third kappa shape index (κ3) is 3.19. The fourth-order valence-corrected chi connectivity index (χ4v) is 1.77. The molecule has 0 spiro atoms. The summed E-state index contributed by atoms with van der Waals surface area (Å²) in [6.07, 6.45) is 1.75. The van der Waals surface area contributed by atoms with Gasteiger partial charge in [0.25, 0.3) is 0 Å². The molecule has 1 unspecified atom stereocenters. The van der Waals surface area contributed by atoms with E-state index in [0.29, 0.717) is 5.95 Å². The second-order valence-electron chi connectivity index (χ2n) is 4.40. The number of halogens is 1. The molecule has 0 aliphatic rings. The van der Waals surface area contributed by atoms with Crippen molar-refractivity contribution in [2.75, 3.05) is 17.7 Å². The molecule has 1 heterocycles. The van der Waals surface area contributed by atoms with Crippen LogP contribution in [-0.2, 0) is 0 Å². The number of nitrogens with zero attached hydrogens (tertiary/aromatic N) is 2. The predicted molar refractivity (Wildman–Crippen MR) is 74.8 cm³/mol.